The fraction of sp³-hybridized carbons (Fsp3) is 0.0667. The van der Waals surface area contributed by atoms with Gasteiger partial charge in [0.25, 0.3) is 5.91 Å². The number of hydrogen-bond acceptors (Lipinski definition) is 4. The summed E-state index contributed by atoms with van der Waals surface area (Å²) in [6, 6.07) is 15.3. The van der Waals surface area contributed by atoms with Crippen molar-refractivity contribution < 1.29 is 18.0 Å². The quantitative estimate of drug-likeness (QED) is 0.806. The number of benzene rings is 2. The number of rotatable bonds is 3. The largest absolute Gasteiger partial charge is 0.340 e. The molecule has 0 aromatic heterocycles. The summed E-state index contributed by atoms with van der Waals surface area (Å²) in [5.74, 6) is -0.770. The lowest BCUT2D eigenvalue weighted by molar-refractivity contribution is -0.124. The van der Waals surface area contributed by atoms with Crippen LogP contribution in [0.1, 0.15) is 11.1 Å². The van der Waals surface area contributed by atoms with E-state index in [-0.39, 0.29) is 0 Å². The fourth-order valence-corrected chi connectivity index (χ4v) is 3.76. The van der Waals surface area contributed by atoms with Gasteiger partial charge in [0.15, 0.2) is 5.54 Å². The number of nitrogens with one attached hydrogen (secondary N) is 1. The van der Waals surface area contributed by atoms with Crippen LogP contribution in [0.5, 0.6) is 0 Å². The molecular formula is C15H13N3O4S. The Labute approximate surface area is 132 Å². The molecule has 2 aromatic carbocycles. The third kappa shape index (κ3) is 2.19. The van der Waals surface area contributed by atoms with Gasteiger partial charge in [0.1, 0.15) is 0 Å². The molecule has 8 heteroatoms. The lowest BCUT2D eigenvalue weighted by atomic mass is 9.83. The van der Waals surface area contributed by atoms with Gasteiger partial charge in [0.2, 0.25) is 0 Å². The van der Waals surface area contributed by atoms with E-state index in [1.807, 2.05) is 0 Å². The summed E-state index contributed by atoms with van der Waals surface area (Å²) in [4.78, 5) is 24.8. The van der Waals surface area contributed by atoms with Crippen molar-refractivity contribution in [1.82, 2.24) is 9.62 Å². The van der Waals surface area contributed by atoms with E-state index >= 15 is 0 Å². The van der Waals surface area contributed by atoms with E-state index in [4.69, 9.17) is 5.14 Å². The van der Waals surface area contributed by atoms with E-state index in [1.165, 1.54) is 0 Å². The van der Waals surface area contributed by atoms with Crippen LogP contribution < -0.4 is 10.5 Å². The average molecular weight is 331 g/mol. The summed E-state index contributed by atoms with van der Waals surface area (Å²) < 4.78 is 24.5. The van der Waals surface area contributed by atoms with Crippen molar-refractivity contribution in [2.45, 2.75) is 5.54 Å². The Balaban J connectivity index is 2.41. The molecule has 0 saturated carbocycles. The van der Waals surface area contributed by atoms with E-state index in [0.717, 1.165) is 0 Å². The monoisotopic (exact) mass is 331 g/mol. The van der Waals surface area contributed by atoms with Crippen LogP contribution in [-0.2, 0) is 20.5 Å². The van der Waals surface area contributed by atoms with Gasteiger partial charge in [-0.2, -0.15) is 12.7 Å². The zero-order valence-corrected chi connectivity index (χ0v) is 12.7. The van der Waals surface area contributed by atoms with Crippen molar-refractivity contribution >= 4 is 22.1 Å². The van der Waals surface area contributed by atoms with Crippen LogP contribution in [0.3, 0.4) is 0 Å². The van der Waals surface area contributed by atoms with Crippen LogP contribution in [-0.4, -0.2) is 24.7 Å². The van der Waals surface area contributed by atoms with Crippen molar-refractivity contribution in [3.63, 3.8) is 0 Å². The molecule has 3 amide bonds. The van der Waals surface area contributed by atoms with Gasteiger partial charge in [0, 0.05) is 0 Å². The van der Waals surface area contributed by atoms with Gasteiger partial charge in [-0.1, -0.05) is 60.7 Å². The lowest BCUT2D eigenvalue weighted by Gasteiger charge is -2.33. The first-order valence-electron chi connectivity index (χ1n) is 6.68. The fourth-order valence-electron chi connectivity index (χ4n) is 2.81. The molecule has 0 unspecified atom stereocenters. The van der Waals surface area contributed by atoms with E-state index in [0.29, 0.717) is 15.4 Å². The van der Waals surface area contributed by atoms with Crippen molar-refractivity contribution in [3.8, 4) is 0 Å². The maximum absolute atomic E-state index is 12.7. The zero-order chi connectivity index (χ0) is 16.7. The topological polar surface area (TPSA) is 110 Å². The Kier molecular flexibility index (Phi) is 3.42. The van der Waals surface area contributed by atoms with Crippen LogP contribution in [0, 0.1) is 0 Å². The molecule has 0 bridgehead atoms. The first-order valence-corrected chi connectivity index (χ1v) is 8.18. The minimum atomic E-state index is -4.49. The van der Waals surface area contributed by atoms with Gasteiger partial charge in [-0.3, -0.25) is 10.1 Å². The predicted molar refractivity (Wildman–Crippen MR) is 82.1 cm³/mol. The van der Waals surface area contributed by atoms with E-state index < -0.39 is 27.7 Å². The molecule has 23 heavy (non-hydrogen) atoms. The van der Waals surface area contributed by atoms with Gasteiger partial charge >= 0.3 is 16.2 Å². The third-order valence-corrected chi connectivity index (χ3v) is 4.62. The SMILES string of the molecule is NS(=O)(=O)N1C(=O)NC(=O)C1(c1ccccc1)c1ccccc1. The number of carbonyl (C=O) groups excluding carboxylic acids is 2. The molecule has 0 spiro atoms. The second kappa shape index (κ2) is 5.18. The molecule has 0 atom stereocenters. The second-order valence-electron chi connectivity index (χ2n) is 5.01. The van der Waals surface area contributed by atoms with E-state index in [1.54, 1.807) is 60.7 Å². The molecule has 1 fully saturated rings. The summed E-state index contributed by atoms with van der Waals surface area (Å²) in [6.07, 6.45) is 0. The lowest BCUT2D eigenvalue weighted by Crippen LogP contribution is -2.52. The number of hydrogen-bond donors (Lipinski definition) is 2. The molecule has 7 nitrogen and oxygen atoms in total. The minimum absolute atomic E-state index is 0.323. The molecule has 1 aliphatic rings. The molecule has 118 valence electrons. The van der Waals surface area contributed by atoms with E-state index in [9.17, 15) is 18.0 Å². The third-order valence-electron chi connectivity index (χ3n) is 3.68. The maximum atomic E-state index is 12.7. The first kappa shape index (κ1) is 15.2. The van der Waals surface area contributed by atoms with Crippen molar-refractivity contribution in [2.24, 2.45) is 5.14 Å². The van der Waals surface area contributed by atoms with Gasteiger partial charge in [0.05, 0.1) is 0 Å². The van der Waals surface area contributed by atoms with Gasteiger partial charge < -0.3 is 0 Å². The number of amides is 3. The van der Waals surface area contributed by atoms with Crippen LogP contribution in [0.15, 0.2) is 60.7 Å². The van der Waals surface area contributed by atoms with Gasteiger partial charge in [-0.25, -0.2) is 9.93 Å². The molecule has 0 radical (unpaired) electrons. The summed E-state index contributed by atoms with van der Waals surface area (Å²) in [5.41, 5.74) is -1.22. The summed E-state index contributed by atoms with van der Waals surface area (Å²) in [5, 5.41) is 7.28. The summed E-state index contributed by atoms with van der Waals surface area (Å²) in [6.45, 7) is 0. The Bertz CT molecular complexity index is 827. The zero-order valence-electron chi connectivity index (χ0n) is 11.8. The highest BCUT2D eigenvalue weighted by atomic mass is 32.2. The molecule has 1 aliphatic heterocycles. The minimum Gasteiger partial charge on any atom is -0.274 e. The highest BCUT2D eigenvalue weighted by Crippen LogP contribution is 2.40. The van der Waals surface area contributed by atoms with Crippen LogP contribution >= 0.6 is 0 Å². The normalized spacial score (nSPS) is 17.2. The predicted octanol–water partition coefficient (Wildman–Crippen LogP) is 0.686. The van der Waals surface area contributed by atoms with Crippen LogP contribution in [0.4, 0.5) is 4.79 Å². The highest BCUT2D eigenvalue weighted by molar-refractivity contribution is 7.87. The molecular weight excluding hydrogens is 318 g/mol. The Hall–Kier alpha value is -2.71. The summed E-state index contributed by atoms with van der Waals surface area (Å²) in [7, 11) is -4.49. The molecule has 0 aliphatic carbocycles. The smallest absolute Gasteiger partial charge is 0.274 e. The molecule has 3 rings (SSSR count). The maximum Gasteiger partial charge on any atom is 0.340 e. The average Bonchev–Trinajstić information content (AvgIpc) is 2.80. The van der Waals surface area contributed by atoms with Crippen LogP contribution in [0.25, 0.3) is 0 Å². The summed E-state index contributed by atoms with van der Waals surface area (Å²) >= 11 is 0. The van der Waals surface area contributed by atoms with Gasteiger partial charge in [-0.15, -0.1) is 0 Å². The van der Waals surface area contributed by atoms with Crippen LogP contribution in [0.2, 0.25) is 0 Å². The van der Waals surface area contributed by atoms with Crippen molar-refractivity contribution in [2.75, 3.05) is 0 Å². The van der Waals surface area contributed by atoms with Crippen molar-refractivity contribution in [3.05, 3.63) is 71.8 Å². The number of carbonyl (C=O) groups is 2. The van der Waals surface area contributed by atoms with Gasteiger partial charge in [-0.05, 0) is 11.1 Å². The Morgan fingerprint density at radius 1 is 0.870 bits per heavy atom. The first-order chi connectivity index (χ1) is 10.9. The second-order valence-corrected chi connectivity index (χ2v) is 6.41. The molecule has 3 N–H and O–H groups in total. The highest BCUT2D eigenvalue weighted by Gasteiger charge is 2.59. The standard InChI is InChI=1S/C15H13N3O4S/c16-23(21,22)18-14(20)17-13(19)15(18,11-7-3-1-4-8-11)12-9-5-2-6-10-12/h1-10H,(H2,16,21,22)(H,17,19,20). The number of nitrogens with zero attached hydrogens (tertiary/aromatic N) is 1. The number of nitrogens with two attached hydrogens (primary N) is 1. The van der Waals surface area contributed by atoms with Crippen molar-refractivity contribution in [1.29, 1.82) is 0 Å². The Morgan fingerprint density at radius 2 is 1.30 bits per heavy atom. The van der Waals surface area contributed by atoms with E-state index in [2.05, 4.69) is 5.32 Å². The molecule has 1 heterocycles. The Morgan fingerprint density at radius 3 is 1.70 bits per heavy atom. The number of imide groups is 1. The molecule has 2 aromatic rings. The number of urea groups is 1. The molecule has 1 saturated heterocycles.